The van der Waals surface area contributed by atoms with Crippen molar-refractivity contribution in [3.05, 3.63) is 60.2 Å². The van der Waals surface area contributed by atoms with Gasteiger partial charge in [0.25, 0.3) is 5.91 Å². The number of hydrogen-bond donors (Lipinski definition) is 0. The van der Waals surface area contributed by atoms with Crippen LogP contribution in [-0.2, 0) is 6.54 Å². The van der Waals surface area contributed by atoms with Crippen LogP contribution in [0.1, 0.15) is 42.6 Å². The van der Waals surface area contributed by atoms with Crippen LogP contribution in [0.4, 0.5) is 4.39 Å². The van der Waals surface area contributed by atoms with Gasteiger partial charge in [0.15, 0.2) is 11.6 Å². The van der Waals surface area contributed by atoms with Crippen molar-refractivity contribution in [2.45, 2.75) is 32.9 Å². The third-order valence-corrected chi connectivity index (χ3v) is 5.16. The van der Waals surface area contributed by atoms with Gasteiger partial charge in [-0.2, -0.15) is 5.10 Å². The molecule has 0 aromatic carbocycles. The summed E-state index contributed by atoms with van der Waals surface area (Å²) in [5.41, 5.74) is 1.07. The topological polar surface area (TPSA) is 76.8 Å². The Morgan fingerprint density at radius 1 is 1.29 bits per heavy atom. The summed E-state index contributed by atoms with van der Waals surface area (Å²) >= 11 is 0. The van der Waals surface area contributed by atoms with Gasteiger partial charge in [-0.3, -0.25) is 9.78 Å². The van der Waals surface area contributed by atoms with E-state index in [1.165, 1.54) is 12.1 Å². The van der Waals surface area contributed by atoms with E-state index in [-0.39, 0.29) is 23.6 Å². The molecule has 1 amide bonds. The number of rotatable bonds is 4. The molecule has 0 aliphatic carbocycles. The Labute approximate surface area is 162 Å². The predicted molar refractivity (Wildman–Crippen MR) is 101 cm³/mol. The smallest absolute Gasteiger partial charge is 0.273 e. The van der Waals surface area contributed by atoms with Gasteiger partial charge >= 0.3 is 0 Å². The lowest BCUT2D eigenvalue weighted by Gasteiger charge is -2.38. The number of fused-ring (bicyclic) bond motifs is 1. The van der Waals surface area contributed by atoms with Gasteiger partial charge in [0.2, 0.25) is 0 Å². The molecular formula is C20H21FN6O. The number of aromatic nitrogens is 5. The molecule has 3 aromatic heterocycles. The van der Waals surface area contributed by atoms with E-state index in [4.69, 9.17) is 4.98 Å². The van der Waals surface area contributed by atoms with E-state index in [0.717, 1.165) is 24.0 Å². The maximum absolute atomic E-state index is 13.2. The van der Waals surface area contributed by atoms with E-state index in [1.54, 1.807) is 17.3 Å². The first kappa shape index (κ1) is 18.2. The Bertz CT molecular complexity index is 972. The molecule has 144 valence electrons. The monoisotopic (exact) mass is 380 g/mol. The highest BCUT2D eigenvalue weighted by atomic mass is 19.1. The Balaban J connectivity index is 1.72. The first-order chi connectivity index (χ1) is 13.6. The van der Waals surface area contributed by atoms with E-state index in [2.05, 4.69) is 28.9 Å². The highest BCUT2D eigenvalue weighted by Gasteiger charge is 2.37. The lowest BCUT2D eigenvalue weighted by atomic mass is 9.95. The van der Waals surface area contributed by atoms with Gasteiger partial charge in [0.1, 0.15) is 11.5 Å². The van der Waals surface area contributed by atoms with Gasteiger partial charge in [0, 0.05) is 24.5 Å². The van der Waals surface area contributed by atoms with Gasteiger partial charge in [-0.25, -0.2) is 19.0 Å². The number of amides is 1. The number of carbonyl (C=O) groups excluding carboxylic acids is 1. The van der Waals surface area contributed by atoms with E-state index in [1.807, 2.05) is 16.8 Å². The molecule has 0 radical (unpaired) electrons. The molecular weight excluding hydrogens is 359 g/mol. The summed E-state index contributed by atoms with van der Waals surface area (Å²) in [6.45, 7) is 5.22. The molecule has 4 rings (SSSR count). The standard InChI is InChI=1S/C20H21FN6O/c1-3-13(2)17-19-24-18(14-5-4-8-22-11-14)25-27(19)10-9-26(17)20(28)16-7-6-15(21)12-23-16/h4-8,11-13,17H,3,9-10H2,1-2H3/t13-,17-/m0/s1. The highest BCUT2D eigenvalue weighted by Crippen LogP contribution is 2.34. The molecule has 8 heteroatoms. The zero-order chi connectivity index (χ0) is 19.7. The molecule has 0 N–H and O–H groups in total. The van der Waals surface area contributed by atoms with Crippen molar-refractivity contribution in [2.24, 2.45) is 5.92 Å². The maximum atomic E-state index is 13.2. The third kappa shape index (κ3) is 3.26. The molecule has 4 heterocycles. The summed E-state index contributed by atoms with van der Waals surface area (Å²) in [6, 6.07) is 6.21. The zero-order valence-corrected chi connectivity index (χ0v) is 15.8. The minimum atomic E-state index is -0.463. The fourth-order valence-corrected chi connectivity index (χ4v) is 3.50. The van der Waals surface area contributed by atoms with Crippen LogP contribution < -0.4 is 0 Å². The molecule has 0 unspecified atom stereocenters. The minimum Gasteiger partial charge on any atom is -0.325 e. The molecule has 0 spiro atoms. The second-order valence-electron chi connectivity index (χ2n) is 6.95. The second kappa shape index (κ2) is 7.46. The molecule has 0 saturated heterocycles. The van der Waals surface area contributed by atoms with Crippen LogP contribution in [-0.4, -0.2) is 42.1 Å². The van der Waals surface area contributed by atoms with Gasteiger partial charge < -0.3 is 4.90 Å². The summed E-state index contributed by atoms with van der Waals surface area (Å²) in [5.74, 6) is 0.854. The van der Waals surface area contributed by atoms with E-state index < -0.39 is 5.82 Å². The second-order valence-corrected chi connectivity index (χ2v) is 6.95. The van der Waals surface area contributed by atoms with Crippen LogP contribution in [0, 0.1) is 11.7 Å². The van der Waals surface area contributed by atoms with Crippen molar-refractivity contribution in [3.63, 3.8) is 0 Å². The number of carbonyl (C=O) groups is 1. The molecule has 28 heavy (non-hydrogen) atoms. The lowest BCUT2D eigenvalue weighted by Crippen LogP contribution is -2.45. The molecule has 0 fully saturated rings. The maximum Gasteiger partial charge on any atom is 0.273 e. The predicted octanol–water partition coefficient (Wildman–Crippen LogP) is 3.12. The molecule has 7 nitrogen and oxygen atoms in total. The van der Waals surface area contributed by atoms with Crippen LogP contribution in [0.15, 0.2) is 42.9 Å². The number of halogens is 1. The lowest BCUT2D eigenvalue weighted by molar-refractivity contribution is 0.0512. The van der Waals surface area contributed by atoms with Crippen molar-refractivity contribution < 1.29 is 9.18 Å². The Morgan fingerprint density at radius 3 is 2.82 bits per heavy atom. The van der Waals surface area contributed by atoms with Gasteiger partial charge in [0.05, 0.1) is 18.8 Å². The van der Waals surface area contributed by atoms with Crippen molar-refractivity contribution >= 4 is 5.91 Å². The van der Waals surface area contributed by atoms with E-state index in [0.29, 0.717) is 18.9 Å². The summed E-state index contributed by atoms with van der Waals surface area (Å²) in [6.07, 6.45) is 5.38. The van der Waals surface area contributed by atoms with Gasteiger partial charge in [-0.15, -0.1) is 0 Å². The third-order valence-electron chi connectivity index (χ3n) is 5.16. The summed E-state index contributed by atoms with van der Waals surface area (Å²) < 4.78 is 15.1. The number of hydrogen-bond acceptors (Lipinski definition) is 5. The molecule has 0 bridgehead atoms. The first-order valence-electron chi connectivity index (χ1n) is 9.36. The van der Waals surface area contributed by atoms with Crippen LogP contribution in [0.3, 0.4) is 0 Å². The van der Waals surface area contributed by atoms with Crippen LogP contribution in [0.25, 0.3) is 11.4 Å². The summed E-state index contributed by atoms with van der Waals surface area (Å²) in [4.78, 5) is 27.7. The van der Waals surface area contributed by atoms with Crippen molar-refractivity contribution in [3.8, 4) is 11.4 Å². The van der Waals surface area contributed by atoms with Crippen molar-refractivity contribution in [1.82, 2.24) is 29.6 Å². The molecule has 2 atom stereocenters. The SMILES string of the molecule is CC[C@H](C)[C@H]1c2nc(-c3cccnc3)nn2CCN1C(=O)c1ccc(F)cn1. The largest absolute Gasteiger partial charge is 0.325 e. The number of nitrogens with zero attached hydrogens (tertiary/aromatic N) is 6. The Kier molecular flexibility index (Phi) is 4.85. The first-order valence-corrected chi connectivity index (χ1v) is 9.36. The Hall–Kier alpha value is -3.16. The Morgan fingerprint density at radius 2 is 2.14 bits per heavy atom. The summed E-state index contributed by atoms with van der Waals surface area (Å²) in [5, 5.41) is 4.63. The molecule has 0 saturated carbocycles. The fraction of sp³-hybridized carbons (Fsp3) is 0.350. The highest BCUT2D eigenvalue weighted by molar-refractivity contribution is 5.92. The molecule has 3 aromatic rings. The van der Waals surface area contributed by atoms with Crippen LogP contribution >= 0.6 is 0 Å². The summed E-state index contributed by atoms with van der Waals surface area (Å²) in [7, 11) is 0. The zero-order valence-electron chi connectivity index (χ0n) is 15.8. The average molecular weight is 380 g/mol. The van der Waals surface area contributed by atoms with Gasteiger partial charge in [-0.1, -0.05) is 20.3 Å². The van der Waals surface area contributed by atoms with E-state index in [9.17, 15) is 9.18 Å². The van der Waals surface area contributed by atoms with Crippen molar-refractivity contribution in [2.75, 3.05) is 6.54 Å². The molecule has 1 aliphatic heterocycles. The van der Waals surface area contributed by atoms with Gasteiger partial charge in [-0.05, 0) is 30.2 Å². The quantitative estimate of drug-likeness (QED) is 0.695. The fourth-order valence-electron chi connectivity index (χ4n) is 3.50. The van der Waals surface area contributed by atoms with Crippen LogP contribution in [0.2, 0.25) is 0 Å². The average Bonchev–Trinajstić information content (AvgIpc) is 3.17. The molecule has 1 aliphatic rings. The number of pyridine rings is 2. The van der Waals surface area contributed by atoms with E-state index >= 15 is 0 Å². The normalized spacial score (nSPS) is 17.2. The van der Waals surface area contributed by atoms with Crippen molar-refractivity contribution in [1.29, 1.82) is 0 Å². The minimum absolute atomic E-state index is 0.175. The van der Waals surface area contributed by atoms with Crippen LogP contribution in [0.5, 0.6) is 0 Å².